The molecule has 0 fully saturated rings. The van der Waals surface area contributed by atoms with Crippen molar-refractivity contribution >= 4 is 39.1 Å². The summed E-state index contributed by atoms with van der Waals surface area (Å²) >= 11 is 3.37. The van der Waals surface area contributed by atoms with Crippen LogP contribution >= 0.6 is 15.9 Å². The normalized spacial score (nSPS) is 10.2. The zero-order chi connectivity index (χ0) is 18.4. The molecule has 2 aromatic rings. The number of hydrogen-bond donors (Lipinski definition) is 2. The number of carbonyl (C=O) groups excluding carboxylic acids is 2. The van der Waals surface area contributed by atoms with Crippen molar-refractivity contribution in [3.05, 3.63) is 52.0 Å². The van der Waals surface area contributed by atoms with Gasteiger partial charge >= 0.3 is 0 Å². The van der Waals surface area contributed by atoms with Gasteiger partial charge in [0.25, 0.3) is 5.91 Å². The lowest BCUT2D eigenvalue weighted by atomic mass is 10.1. The summed E-state index contributed by atoms with van der Waals surface area (Å²) in [6, 6.07) is 10.7. The highest BCUT2D eigenvalue weighted by Gasteiger charge is 2.14. The number of benzene rings is 2. The first-order valence-electron chi connectivity index (χ1n) is 8.08. The Kier molecular flexibility index (Phi) is 6.58. The van der Waals surface area contributed by atoms with E-state index in [1.807, 2.05) is 26.0 Å². The van der Waals surface area contributed by atoms with Crippen molar-refractivity contribution in [2.45, 2.75) is 27.2 Å². The van der Waals surface area contributed by atoms with Gasteiger partial charge in [-0.3, -0.25) is 9.59 Å². The summed E-state index contributed by atoms with van der Waals surface area (Å²) in [6.45, 7) is 6.03. The molecule has 5 nitrogen and oxygen atoms in total. The fraction of sp³-hybridized carbons (Fsp3) is 0.263. The van der Waals surface area contributed by atoms with Gasteiger partial charge in [0.15, 0.2) is 0 Å². The van der Waals surface area contributed by atoms with E-state index in [4.69, 9.17) is 4.74 Å². The predicted octanol–water partition coefficient (Wildman–Crippen LogP) is 4.76. The molecule has 0 atom stereocenters. The van der Waals surface area contributed by atoms with E-state index in [1.54, 1.807) is 31.2 Å². The third-order valence-corrected chi connectivity index (χ3v) is 4.07. The number of aryl methyl sites for hydroxylation is 1. The zero-order valence-corrected chi connectivity index (χ0v) is 16.1. The molecule has 0 aliphatic heterocycles. The van der Waals surface area contributed by atoms with Crippen molar-refractivity contribution in [1.82, 2.24) is 0 Å². The molecule has 6 heteroatoms. The Morgan fingerprint density at radius 3 is 2.52 bits per heavy atom. The Morgan fingerprint density at radius 2 is 1.84 bits per heavy atom. The number of carbonyl (C=O) groups is 2. The maximum Gasteiger partial charge on any atom is 0.259 e. The molecule has 2 N–H and O–H groups in total. The molecule has 0 bridgehead atoms. The van der Waals surface area contributed by atoms with E-state index in [2.05, 4.69) is 26.6 Å². The fourth-order valence-electron chi connectivity index (χ4n) is 2.23. The minimum atomic E-state index is -0.277. The zero-order valence-electron chi connectivity index (χ0n) is 14.5. The van der Waals surface area contributed by atoms with Gasteiger partial charge < -0.3 is 15.4 Å². The Hall–Kier alpha value is -2.34. The highest BCUT2D eigenvalue weighted by atomic mass is 79.9. The molecule has 2 aromatic carbocycles. The number of anilines is 2. The van der Waals surface area contributed by atoms with Gasteiger partial charge in [0.05, 0.1) is 12.2 Å². The van der Waals surface area contributed by atoms with Gasteiger partial charge in [-0.05, 0) is 49.7 Å². The first-order chi connectivity index (χ1) is 11.9. The van der Waals surface area contributed by atoms with Crippen LogP contribution in [0.4, 0.5) is 11.4 Å². The topological polar surface area (TPSA) is 67.4 Å². The highest BCUT2D eigenvalue weighted by molar-refractivity contribution is 9.10. The number of hydrogen-bond acceptors (Lipinski definition) is 3. The summed E-state index contributed by atoms with van der Waals surface area (Å²) < 4.78 is 6.31. The Bertz CT molecular complexity index is 790. The summed E-state index contributed by atoms with van der Waals surface area (Å²) in [4.78, 5) is 24.3. The molecule has 0 saturated heterocycles. The summed E-state index contributed by atoms with van der Waals surface area (Å²) in [7, 11) is 0. The smallest absolute Gasteiger partial charge is 0.259 e. The molecule has 0 aliphatic rings. The van der Waals surface area contributed by atoms with E-state index in [9.17, 15) is 9.59 Å². The third kappa shape index (κ3) is 5.06. The SMILES string of the molecule is CCOc1ccc(Br)cc1C(=O)Nc1ccc(C)c(NC(=O)CC)c1. The Morgan fingerprint density at radius 1 is 1.08 bits per heavy atom. The molecular weight excluding hydrogens is 384 g/mol. The van der Waals surface area contributed by atoms with Crippen LogP contribution in [-0.2, 0) is 4.79 Å². The first kappa shape index (κ1) is 19.0. The molecule has 2 amide bonds. The van der Waals surface area contributed by atoms with E-state index in [0.717, 1.165) is 10.0 Å². The molecule has 0 spiro atoms. The summed E-state index contributed by atoms with van der Waals surface area (Å²) in [6.07, 6.45) is 0.395. The Balaban J connectivity index is 2.25. The second-order valence-corrected chi connectivity index (χ2v) is 6.37. The maximum atomic E-state index is 12.6. The molecule has 132 valence electrons. The number of nitrogens with one attached hydrogen (secondary N) is 2. The van der Waals surface area contributed by atoms with E-state index < -0.39 is 0 Å². The van der Waals surface area contributed by atoms with Crippen LogP contribution in [0.3, 0.4) is 0 Å². The van der Waals surface area contributed by atoms with Crippen LogP contribution in [0.1, 0.15) is 36.2 Å². The van der Waals surface area contributed by atoms with Gasteiger partial charge in [-0.1, -0.05) is 28.9 Å². The summed E-state index contributed by atoms with van der Waals surface area (Å²) in [5, 5.41) is 5.68. The lowest BCUT2D eigenvalue weighted by molar-refractivity contribution is -0.115. The number of rotatable bonds is 6. The van der Waals surface area contributed by atoms with E-state index in [1.165, 1.54) is 0 Å². The lowest BCUT2D eigenvalue weighted by Gasteiger charge is -2.13. The molecule has 0 aliphatic carbocycles. The van der Waals surface area contributed by atoms with Gasteiger partial charge in [0.1, 0.15) is 5.75 Å². The maximum absolute atomic E-state index is 12.6. The molecule has 0 heterocycles. The molecule has 0 saturated carbocycles. The monoisotopic (exact) mass is 404 g/mol. The van der Waals surface area contributed by atoms with Crippen LogP contribution in [0, 0.1) is 6.92 Å². The molecular formula is C19H21BrN2O3. The quantitative estimate of drug-likeness (QED) is 0.729. The molecule has 0 aromatic heterocycles. The van der Waals surface area contributed by atoms with Crippen molar-refractivity contribution in [3.8, 4) is 5.75 Å². The van der Waals surface area contributed by atoms with Crippen molar-refractivity contribution in [1.29, 1.82) is 0 Å². The summed E-state index contributed by atoms with van der Waals surface area (Å²) in [5.41, 5.74) is 2.65. The van der Waals surface area contributed by atoms with Crippen LogP contribution in [-0.4, -0.2) is 18.4 Å². The largest absolute Gasteiger partial charge is 0.493 e. The minimum Gasteiger partial charge on any atom is -0.493 e. The summed E-state index contributed by atoms with van der Waals surface area (Å²) in [5.74, 6) is 0.174. The van der Waals surface area contributed by atoms with Crippen molar-refractivity contribution in [3.63, 3.8) is 0 Å². The van der Waals surface area contributed by atoms with Crippen molar-refractivity contribution in [2.24, 2.45) is 0 Å². The number of halogens is 1. The molecule has 2 rings (SSSR count). The number of amides is 2. The molecule has 0 unspecified atom stereocenters. The van der Waals surface area contributed by atoms with Gasteiger partial charge in [-0.25, -0.2) is 0 Å². The first-order valence-corrected chi connectivity index (χ1v) is 8.88. The third-order valence-electron chi connectivity index (χ3n) is 3.58. The minimum absolute atomic E-state index is 0.0720. The van der Waals surface area contributed by atoms with Crippen LogP contribution in [0.25, 0.3) is 0 Å². The average Bonchev–Trinajstić information content (AvgIpc) is 2.59. The van der Waals surface area contributed by atoms with E-state index >= 15 is 0 Å². The van der Waals surface area contributed by atoms with Crippen LogP contribution in [0.15, 0.2) is 40.9 Å². The standard InChI is InChI=1S/C19H21BrN2O3/c1-4-18(23)22-16-11-14(8-6-12(16)3)21-19(24)15-10-13(20)7-9-17(15)25-5-2/h6-11H,4-5H2,1-3H3,(H,21,24)(H,22,23). The van der Waals surface area contributed by atoms with Crippen LogP contribution in [0.2, 0.25) is 0 Å². The van der Waals surface area contributed by atoms with Crippen LogP contribution < -0.4 is 15.4 Å². The highest BCUT2D eigenvalue weighted by Crippen LogP contribution is 2.26. The van der Waals surface area contributed by atoms with Gasteiger partial charge in [0.2, 0.25) is 5.91 Å². The van der Waals surface area contributed by atoms with Crippen molar-refractivity contribution in [2.75, 3.05) is 17.2 Å². The molecule has 0 radical (unpaired) electrons. The molecule has 25 heavy (non-hydrogen) atoms. The average molecular weight is 405 g/mol. The second kappa shape index (κ2) is 8.67. The van der Waals surface area contributed by atoms with Crippen molar-refractivity contribution < 1.29 is 14.3 Å². The van der Waals surface area contributed by atoms with E-state index in [-0.39, 0.29) is 11.8 Å². The fourth-order valence-corrected chi connectivity index (χ4v) is 2.59. The van der Waals surface area contributed by atoms with Crippen LogP contribution in [0.5, 0.6) is 5.75 Å². The van der Waals surface area contributed by atoms with Gasteiger partial charge in [-0.15, -0.1) is 0 Å². The predicted molar refractivity (Wildman–Crippen MR) is 103 cm³/mol. The van der Waals surface area contributed by atoms with E-state index in [0.29, 0.717) is 35.7 Å². The van der Waals surface area contributed by atoms with Gasteiger partial charge in [0, 0.05) is 22.3 Å². The Labute approximate surface area is 155 Å². The second-order valence-electron chi connectivity index (χ2n) is 5.46. The number of ether oxygens (including phenoxy) is 1. The van der Waals surface area contributed by atoms with Gasteiger partial charge in [-0.2, -0.15) is 0 Å². The lowest BCUT2D eigenvalue weighted by Crippen LogP contribution is -2.15.